The third-order valence-corrected chi connectivity index (χ3v) is 3.20. The van der Waals surface area contributed by atoms with Crippen LogP contribution >= 0.6 is 0 Å². The highest BCUT2D eigenvalue weighted by molar-refractivity contribution is 6.52. The Balaban J connectivity index is 3.01. The SMILES string of the molecule is C[SiH2]c1ccccc1C. The van der Waals surface area contributed by atoms with Crippen LogP contribution in [0.1, 0.15) is 5.56 Å². The second-order valence-corrected chi connectivity index (χ2v) is 3.75. The molecule has 0 nitrogen and oxygen atoms in total. The van der Waals surface area contributed by atoms with E-state index in [1.807, 2.05) is 0 Å². The summed E-state index contributed by atoms with van der Waals surface area (Å²) < 4.78 is 0. The maximum Gasteiger partial charge on any atom is 0.0520 e. The molecule has 0 aliphatic carbocycles. The summed E-state index contributed by atoms with van der Waals surface area (Å²) in [6.45, 7) is 4.51. The monoisotopic (exact) mass is 136 g/mol. The van der Waals surface area contributed by atoms with Crippen molar-refractivity contribution in [1.82, 2.24) is 0 Å². The van der Waals surface area contributed by atoms with Gasteiger partial charge in [-0.1, -0.05) is 41.6 Å². The number of aryl methyl sites for hydroxylation is 1. The first-order valence-electron chi connectivity index (χ1n) is 3.39. The van der Waals surface area contributed by atoms with Crippen LogP contribution in [0.3, 0.4) is 0 Å². The number of rotatable bonds is 1. The van der Waals surface area contributed by atoms with Crippen molar-refractivity contribution >= 4 is 14.7 Å². The summed E-state index contributed by atoms with van der Waals surface area (Å²) in [6.07, 6.45) is 0. The molecule has 0 aromatic heterocycles. The molecule has 48 valence electrons. The van der Waals surface area contributed by atoms with Crippen LogP contribution in [-0.2, 0) is 0 Å². The highest BCUT2D eigenvalue weighted by Gasteiger charge is 1.89. The first-order chi connectivity index (χ1) is 4.34. The lowest BCUT2D eigenvalue weighted by Crippen LogP contribution is -2.12. The zero-order valence-electron chi connectivity index (χ0n) is 6.02. The van der Waals surface area contributed by atoms with Gasteiger partial charge in [-0.25, -0.2) is 0 Å². The van der Waals surface area contributed by atoms with E-state index in [2.05, 4.69) is 37.7 Å². The third-order valence-electron chi connectivity index (χ3n) is 1.64. The molecule has 0 atom stereocenters. The van der Waals surface area contributed by atoms with Crippen molar-refractivity contribution < 1.29 is 0 Å². The molecule has 0 aliphatic rings. The fraction of sp³-hybridized carbons (Fsp3) is 0.250. The predicted octanol–water partition coefficient (Wildman–Crippen LogP) is 0.837. The summed E-state index contributed by atoms with van der Waals surface area (Å²) in [5.41, 5.74) is 1.46. The van der Waals surface area contributed by atoms with E-state index < -0.39 is 0 Å². The van der Waals surface area contributed by atoms with Crippen molar-refractivity contribution in [3.8, 4) is 0 Å². The highest BCUT2D eigenvalue weighted by Crippen LogP contribution is 1.90. The largest absolute Gasteiger partial charge is 0.0708 e. The van der Waals surface area contributed by atoms with Crippen LogP contribution in [0, 0.1) is 6.92 Å². The van der Waals surface area contributed by atoms with E-state index in [9.17, 15) is 0 Å². The fourth-order valence-corrected chi connectivity index (χ4v) is 2.05. The van der Waals surface area contributed by atoms with Gasteiger partial charge in [-0.15, -0.1) is 0 Å². The Morgan fingerprint density at radius 1 is 1.22 bits per heavy atom. The molecule has 0 heterocycles. The van der Waals surface area contributed by atoms with Crippen LogP contribution in [0.2, 0.25) is 6.55 Å². The standard InChI is InChI=1S/C8H12Si/c1-7-5-3-4-6-8(7)9-2/h3-6H,9H2,1-2H3. The Morgan fingerprint density at radius 2 is 1.89 bits per heavy atom. The first-order valence-corrected chi connectivity index (χ1v) is 5.51. The zero-order chi connectivity index (χ0) is 6.69. The van der Waals surface area contributed by atoms with Gasteiger partial charge >= 0.3 is 0 Å². The van der Waals surface area contributed by atoms with Crippen LogP contribution in [0.5, 0.6) is 0 Å². The van der Waals surface area contributed by atoms with Crippen molar-refractivity contribution in [3.63, 3.8) is 0 Å². The predicted molar refractivity (Wildman–Crippen MR) is 45.2 cm³/mol. The second-order valence-electron chi connectivity index (χ2n) is 2.28. The summed E-state index contributed by atoms with van der Waals surface area (Å²) in [4.78, 5) is 0. The Labute approximate surface area is 58.7 Å². The summed E-state index contributed by atoms with van der Waals surface area (Å²) in [6, 6.07) is 8.65. The molecule has 1 aromatic rings. The van der Waals surface area contributed by atoms with Gasteiger partial charge < -0.3 is 0 Å². The van der Waals surface area contributed by atoms with Crippen molar-refractivity contribution in [1.29, 1.82) is 0 Å². The minimum Gasteiger partial charge on any atom is -0.0708 e. The quantitative estimate of drug-likeness (QED) is 0.502. The topological polar surface area (TPSA) is 0 Å². The zero-order valence-corrected chi connectivity index (χ0v) is 7.43. The molecule has 0 bridgehead atoms. The van der Waals surface area contributed by atoms with Crippen molar-refractivity contribution in [3.05, 3.63) is 29.8 Å². The Kier molecular flexibility index (Phi) is 2.06. The van der Waals surface area contributed by atoms with E-state index in [-0.39, 0.29) is 9.52 Å². The number of hydrogen-bond donors (Lipinski definition) is 0. The summed E-state index contributed by atoms with van der Waals surface area (Å²) in [7, 11) is 0.0623. The molecule has 0 saturated heterocycles. The number of hydrogen-bond acceptors (Lipinski definition) is 0. The van der Waals surface area contributed by atoms with Gasteiger partial charge in [0.25, 0.3) is 0 Å². The minimum absolute atomic E-state index is 0.0623. The van der Waals surface area contributed by atoms with Crippen LogP contribution in [0.4, 0.5) is 0 Å². The molecular formula is C8H12Si. The van der Waals surface area contributed by atoms with Crippen molar-refractivity contribution in [2.45, 2.75) is 13.5 Å². The van der Waals surface area contributed by atoms with E-state index in [4.69, 9.17) is 0 Å². The first kappa shape index (κ1) is 6.56. The van der Waals surface area contributed by atoms with E-state index >= 15 is 0 Å². The molecule has 0 N–H and O–H groups in total. The van der Waals surface area contributed by atoms with Gasteiger partial charge in [0.15, 0.2) is 0 Å². The van der Waals surface area contributed by atoms with Gasteiger partial charge in [-0.05, 0) is 6.92 Å². The lowest BCUT2D eigenvalue weighted by atomic mass is 10.2. The van der Waals surface area contributed by atoms with Crippen LogP contribution in [0.25, 0.3) is 0 Å². The van der Waals surface area contributed by atoms with Gasteiger partial charge in [0.05, 0.1) is 9.52 Å². The van der Waals surface area contributed by atoms with Gasteiger partial charge in [-0.2, -0.15) is 0 Å². The molecular weight excluding hydrogens is 124 g/mol. The van der Waals surface area contributed by atoms with E-state index in [0.717, 1.165) is 0 Å². The maximum atomic E-state index is 2.32. The third kappa shape index (κ3) is 1.42. The second kappa shape index (κ2) is 2.83. The van der Waals surface area contributed by atoms with E-state index in [1.54, 1.807) is 5.19 Å². The van der Waals surface area contributed by atoms with E-state index in [0.29, 0.717) is 0 Å². The molecule has 0 aliphatic heterocycles. The Hall–Kier alpha value is -0.563. The van der Waals surface area contributed by atoms with Gasteiger partial charge in [0.1, 0.15) is 0 Å². The molecule has 0 saturated carbocycles. The summed E-state index contributed by atoms with van der Waals surface area (Å²) >= 11 is 0. The molecule has 1 aromatic carbocycles. The molecule has 0 amide bonds. The van der Waals surface area contributed by atoms with Crippen LogP contribution in [-0.4, -0.2) is 9.52 Å². The molecule has 0 unspecified atom stereocenters. The molecule has 1 heteroatoms. The van der Waals surface area contributed by atoms with Gasteiger partial charge in [-0.3, -0.25) is 0 Å². The minimum atomic E-state index is 0.0623. The molecule has 0 fully saturated rings. The average Bonchev–Trinajstić information content (AvgIpc) is 1.89. The lowest BCUT2D eigenvalue weighted by molar-refractivity contribution is 1.51. The maximum absolute atomic E-state index is 2.32. The van der Waals surface area contributed by atoms with Gasteiger partial charge in [0, 0.05) is 0 Å². The molecule has 0 radical (unpaired) electrons. The highest BCUT2D eigenvalue weighted by atomic mass is 28.2. The Bertz CT molecular complexity index is 194. The van der Waals surface area contributed by atoms with Crippen molar-refractivity contribution in [2.75, 3.05) is 0 Å². The lowest BCUT2D eigenvalue weighted by Gasteiger charge is -1.98. The Morgan fingerprint density at radius 3 is 2.33 bits per heavy atom. The normalized spacial score (nSPS) is 10.9. The summed E-state index contributed by atoms with van der Waals surface area (Å²) in [5, 5.41) is 1.59. The molecule has 9 heavy (non-hydrogen) atoms. The van der Waals surface area contributed by atoms with Crippen molar-refractivity contribution in [2.24, 2.45) is 0 Å². The average molecular weight is 136 g/mol. The van der Waals surface area contributed by atoms with Gasteiger partial charge in [0.2, 0.25) is 0 Å². The van der Waals surface area contributed by atoms with Crippen LogP contribution in [0.15, 0.2) is 24.3 Å². The molecule has 0 spiro atoms. The summed E-state index contributed by atoms with van der Waals surface area (Å²) in [5.74, 6) is 0. The number of benzene rings is 1. The van der Waals surface area contributed by atoms with Crippen LogP contribution < -0.4 is 5.19 Å². The molecule has 1 rings (SSSR count). The van der Waals surface area contributed by atoms with E-state index in [1.165, 1.54) is 5.56 Å². The smallest absolute Gasteiger partial charge is 0.0520 e. The fourth-order valence-electron chi connectivity index (χ4n) is 1.01.